The third-order valence-electron chi connectivity index (χ3n) is 3.88. The lowest BCUT2D eigenvalue weighted by Crippen LogP contribution is -2.43. The summed E-state index contributed by atoms with van der Waals surface area (Å²) in [6.45, 7) is 2.03. The third-order valence-corrected chi connectivity index (χ3v) is 5.58. The molecule has 1 aromatic rings. The van der Waals surface area contributed by atoms with E-state index in [4.69, 9.17) is 5.14 Å². The first-order valence-corrected chi connectivity index (χ1v) is 8.35. The minimum atomic E-state index is -3.90. The molecule has 0 aliphatic heterocycles. The summed E-state index contributed by atoms with van der Waals surface area (Å²) < 4.78 is 22.2. The van der Waals surface area contributed by atoms with Crippen molar-refractivity contribution in [2.75, 3.05) is 5.32 Å². The predicted molar refractivity (Wildman–Crippen MR) is 78.5 cm³/mol. The Bertz CT molecular complexity index is 586. The summed E-state index contributed by atoms with van der Waals surface area (Å²) in [5, 5.41) is 7.96. The lowest BCUT2D eigenvalue weighted by Gasteiger charge is -2.15. The Morgan fingerprint density at radius 3 is 2.60 bits per heavy atom. The molecule has 1 aliphatic rings. The number of carbonyl (C=O) groups is 1. The average Bonchev–Trinajstić information content (AvgIpc) is 3.13. The van der Waals surface area contributed by atoms with Crippen molar-refractivity contribution in [3.8, 4) is 0 Å². The van der Waals surface area contributed by atoms with Crippen molar-refractivity contribution in [3.63, 3.8) is 0 Å². The topological polar surface area (TPSA) is 89.3 Å². The summed E-state index contributed by atoms with van der Waals surface area (Å²) in [5.74, 6) is -0.673. The van der Waals surface area contributed by atoms with Gasteiger partial charge >= 0.3 is 0 Å². The molecule has 1 amide bonds. The zero-order valence-corrected chi connectivity index (χ0v) is 12.3. The quantitative estimate of drug-likeness (QED) is 0.839. The predicted octanol–water partition coefficient (Wildman–Crippen LogP) is 1.86. The van der Waals surface area contributed by atoms with Gasteiger partial charge in [0.05, 0.1) is 0 Å². The van der Waals surface area contributed by atoms with Crippen LogP contribution in [0.2, 0.25) is 0 Å². The Labute approximate surface area is 119 Å². The standard InChI is InChI=1S/C14H20N2O3S/c1-2-3-7-11-10-14(11,20(15,18)19)13(17)16-12-8-5-4-6-9-12/h4-6,8-9,11H,2-3,7,10H2,1H3,(H,16,17)(H2,15,18,19). The smallest absolute Gasteiger partial charge is 0.247 e. The molecule has 1 aliphatic carbocycles. The van der Waals surface area contributed by atoms with Crippen molar-refractivity contribution in [2.24, 2.45) is 11.1 Å². The molecular weight excluding hydrogens is 276 g/mol. The number of hydrogen-bond donors (Lipinski definition) is 2. The molecule has 1 fully saturated rings. The van der Waals surface area contributed by atoms with Crippen LogP contribution in [0.4, 0.5) is 5.69 Å². The Kier molecular flexibility index (Phi) is 4.15. The zero-order chi connectivity index (χ0) is 14.8. The van der Waals surface area contributed by atoms with Crippen LogP contribution in [0.15, 0.2) is 30.3 Å². The second-order valence-corrected chi connectivity index (χ2v) is 7.12. The number of carbonyl (C=O) groups excluding carboxylic acids is 1. The Balaban J connectivity index is 2.16. The maximum atomic E-state index is 12.3. The van der Waals surface area contributed by atoms with Gasteiger partial charge in [0.2, 0.25) is 15.9 Å². The number of nitrogens with two attached hydrogens (primary N) is 1. The second-order valence-electron chi connectivity index (χ2n) is 5.30. The summed E-state index contributed by atoms with van der Waals surface area (Å²) in [7, 11) is -3.90. The van der Waals surface area contributed by atoms with Crippen molar-refractivity contribution < 1.29 is 13.2 Å². The molecule has 6 heteroatoms. The van der Waals surface area contributed by atoms with Gasteiger partial charge in [-0.3, -0.25) is 4.79 Å². The number of para-hydroxylation sites is 1. The van der Waals surface area contributed by atoms with Gasteiger partial charge in [-0.2, -0.15) is 0 Å². The van der Waals surface area contributed by atoms with Crippen molar-refractivity contribution in [1.82, 2.24) is 0 Å². The minimum absolute atomic E-state index is 0.166. The first kappa shape index (κ1) is 15.0. The summed E-state index contributed by atoms with van der Waals surface area (Å²) in [6, 6.07) is 8.82. The number of anilines is 1. The molecule has 0 radical (unpaired) electrons. The molecule has 3 N–H and O–H groups in total. The van der Waals surface area contributed by atoms with Crippen LogP contribution in [0.25, 0.3) is 0 Å². The lowest BCUT2D eigenvalue weighted by molar-refractivity contribution is -0.116. The zero-order valence-electron chi connectivity index (χ0n) is 11.5. The van der Waals surface area contributed by atoms with Gasteiger partial charge in [0.15, 0.2) is 4.75 Å². The van der Waals surface area contributed by atoms with Gasteiger partial charge in [-0.25, -0.2) is 13.6 Å². The van der Waals surface area contributed by atoms with Gasteiger partial charge in [0.1, 0.15) is 0 Å². The normalized spacial score (nSPS) is 25.2. The van der Waals surface area contributed by atoms with Crippen LogP contribution in [0.3, 0.4) is 0 Å². The van der Waals surface area contributed by atoms with Crippen molar-refractivity contribution >= 4 is 21.6 Å². The fraction of sp³-hybridized carbons (Fsp3) is 0.500. The molecular formula is C14H20N2O3S. The monoisotopic (exact) mass is 296 g/mol. The van der Waals surface area contributed by atoms with Crippen LogP contribution >= 0.6 is 0 Å². The van der Waals surface area contributed by atoms with E-state index in [0.717, 1.165) is 19.3 Å². The molecule has 0 aromatic heterocycles. The van der Waals surface area contributed by atoms with E-state index >= 15 is 0 Å². The number of nitrogens with one attached hydrogen (secondary N) is 1. The molecule has 2 unspecified atom stereocenters. The highest BCUT2D eigenvalue weighted by atomic mass is 32.2. The lowest BCUT2D eigenvalue weighted by atomic mass is 10.1. The number of unbranched alkanes of at least 4 members (excludes halogenated alkanes) is 1. The van der Waals surface area contributed by atoms with Gasteiger partial charge in [-0.05, 0) is 30.9 Å². The van der Waals surface area contributed by atoms with Crippen LogP contribution in [0.5, 0.6) is 0 Å². The molecule has 1 aromatic carbocycles. The number of benzene rings is 1. The fourth-order valence-corrected chi connectivity index (χ4v) is 3.93. The van der Waals surface area contributed by atoms with E-state index < -0.39 is 20.7 Å². The molecule has 5 nitrogen and oxygen atoms in total. The van der Waals surface area contributed by atoms with E-state index in [2.05, 4.69) is 5.32 Å². The molecule has 0 bridgehead atoms. The molecule has 0 spiro atoms. The van der Waals surface area contributed by atoms with Crippen molar-refractivity contribution in [3.05, 3.63) is 30.3 Å². The van der Waals surface area contributed by atoms with Crippen LogP contribution < -0.4 is 10.5 Å². The highest BCUT2D eigenvalue weighted by Crippen LogP contribution is 2.52. The van der Waals surface area contributed by atoms with E-state index in [1.165, 1.54) is 0 Å². The van der Waals surface area contributed by atoms with E-state index in [9.17, 15) is 13.2 Å². The van der Waals surface area contributed by atoms with Crippen LogP contribution in [-0.2, 0) is 14.8 Å². The van der Waals surface area contributed by atoms with Crippen molar-refractivity contribution in [1.29, 1.82) is 0 Å². The van der Waals surface area contributed by atoms with Gasteiger partial charge in [-0.1, -0.05) is 38.0 Å². The number of sulfonamides is 1. The number of amides is 1. The average molecular weight is 296 g/mol. The Hall–Kier alpha value is -1.40. The Morgan fingerprint density at radius 1 is 1.40 bits per heavy atom. The van der Waals surface area contributed by atoms with E-state index in [1.807, 2.05) is 13.0 Å². The number of hydrogen-bond acceptors (Lipinski definition) is 3. The molecule has 2 rings (SSSR count). The first-order chi connectivity index (χ1) is 9.41. The summed E-state index contributed by atoms with van der Waals surface area (Å²) >= 11 is 0. The SMILES string of the molecule is CCCCC1CC1(C(=O)Nc1ccccc1)S(N)(=O)=O. The number of rotatable bonds is 6. The summed E-state index contributed by atoms with van der Waals surface area (Å²) in [6.07, 6.45) is 2.91. The molecule has 0 heterocycles. The van der Waals surface area contributed by atoms with Gasteiger partial charge < -0.3 is 5.32 Å². The largest absolute Gasteiger partial charge is 0.325 e. The first-order valence-electron chi connectivity index (χ1n) is 6.80. The maximum Gasteiger partial charge on any atom is 0.247 e. The van der Waals surface area contributed by atoms with Crippen LogP contribution in [0.1, 0.15) is 32.6 Å². The third kappa shape index (κ3) is 2.71. The van der Waals surface area contributed by atoms with E-state index in [0.29, 0.717) is 12.1 Å². The Morgan fingerprint density at radius 2 is 2.05 bits per heavy atom. The second kappa shape index (κ2) is 5.54. The number of primary sulfonamides is 1. The van der Waals surface area contributed by atoms with Crippen LogP contribution in [0, 0.1) is 5.92 Å². The molecule has 110 valence electrons. The maximum absolute atomic E-state index is 12.3. The van der Waals surface area contributed by atoms with Crippen LogP contribution in [-0.4, -0.2) is 19.1 Å². The van der Waals surface area contributed by atoms with Gasteiger partial charge in [0, 0.05) is 5.69 Å². The van der Waals surface area contributed by atoms with E-state index in [1.54, 1.807) is 24.3 Å². The highest BCUT2D eigenvalue weighted by molar-refractivity contribution is 7.91. The van der Waals surface area contributed by atoms with E-state index in [-0.39, 0.29) is 5.92 Å². The summed E-state index contributed by atoms with van der Waals surface area (Å²) in [5.41, 5.74) is 0.585. The fourth-order valence-electron chi connectivity index (χ4n) is 2.61. The molecule has 0 saturated heterocycles. The highest BCUT2D eigenvalue weighted by Gasteiger charge is 2.67. The summed E-state index contributed by atoms with van der Waals surface area (Å²) in [4.78, 5) is 12.3. The molecule has 20 heavy (non-hydrogen) atoms. The molecule has 1 saturated carbocycles. The van der Waals surface area contributed by atoms with Gasteiger partial charge in [0.25, 0.3) is 0 Å². The van der Waals surface area contributed by atoms with Crippen molar-refractivity contribution in [2.45, 2.75) is 37.4 Å². The molecule has 2 atom stereocenters. The minimum Gasteiger partial charge on any atom is -0.325 e. The van der Waals surface area contributed by atoms with Gasteiger partial charge in [-0.15, -0.1) is 0 Å².